The molecule has 0 radical (unpaired) electrons. The van der Waals surface area contributed by atoms with Crippen molar-refractivity contribution in [3.63, 3.8) is 0 Å². The van der Waals surface area contributed by atoms with Crippen LogP contribution in [0.4, 0.5) is 0 Å². The van der Waals surface area contributed by atoms with E-state index >= 15 is 0 Å². The Labute approximate surface area is 129 Å². The number of methoxy groups -OCH3 is 2. The van der Waals surface area contributed by atoms with Crippen LogP contribution < -0.4 is 0 Å². The maximum atomic E-state index is 11.4. The first kappa shape index (κ1) is 17.7. The Kier molecular flexibility index (Phi) is 6.90. The van der Waals surface area contributed by atoms with Gasteiger partial charge in [-0.05, 0) is 5.53 Å². The molecule has 118 valence electrons. The van der Waals surface area contributed by atoms with Gasteiger partial charge < -0.3 is 18.9 Å². The molecule has 0 bridgehead atoms. The predicted molar refractivity (Wildman–Crippen MR) is 73.5 cm³/mol. The molecule has 1 heterocycles. The van der Waals surface area contributed by atoms with Gasteiger partial charge in [0, 0.05) is 18.9 Å². The number of hydrogen-bond acceptors (Lipinski definition) is 7. The SMILES string of the molecule is COC(=O)C[C@H]1O[C@H](Br)[C@H](OC)[C@@H](N=[N+]=[N-])[C@H]1OC(C)=O. The summed E-state index contributed by atoms with van der Waals surface area (Å²) >= 11 is 3.25. The van der Waals surface area contributed by atoms with Gasteiger partial charge in [-0.15, -0.1) is 0 Å². The van der Waals surface area contributed by atoms with E-state index in [0.29, 0.717) is 0 Å². The van der Waals surface area contributed by atoms with Crippen LogP contribution in [0.3, 0.4) is 0 Å². The molecule has 0 aromatic rings. The lowest BCUT2D eigenvalue weighted by Gasteiger charge is -2.41. The van der Waals surface area contributed by atoms with E-state index in [9.17, 15) is 9.59 Å². The van der Waals surface area contributed by atoms with E-state index in [1.165, 1.54) is 21.1 Å². The van der Waals surface area contributed by atoms with E-state index in [4.69, 9.17) is 19.7 Å². The number of halogens is 1. The third kappa shape index (κ3) is 4.57. The van der Waals surface area contributed by atoms with Crippen LogP contribution >= 0.6 is 15.9 Å². The third-order valence-corrected chi connectivity index (χ3v) is 3.69. The Hall–Kier alpha value is -1.35. The number of esters is 2. The molecule has 0 amide bonds. The zero-order valence-corrected chi connectivity index (χ0v) is 13.3. The molecular weight excluding hydrogens is 350 g/mol. The average molecular weight is 366 g/mol. The Bertz CT molecular complexity index is 442. The van der Waals surface area contributed by atoms with Crippen LogP contribution in [0.5, 0.6) is 0 Å². The summed E-state index contributed by atoms with van der Waals surface area (Å²) in [6, 6.07) is -0.836. The summed E-state index contributed by atoms with van der Waals surface area (Å²) in [4.78, 5) is 25.4. The van der Waals surface area contributed by atoms with Crippen LogP contribution in [0.2, 0.25) is 0 Å². The summed E-state index contributed by atoms with van der Waals surface area (Å²) in [5.74, 6) is -1.12. The minimum Gasteiger partial charge on any atom is -0.469 e. The molecule has 10 heteroatoms. The molecule has 21 heavy (non-hydrogen) atoms. The molecule has 0 aliphatic carbocycles. The lowest BCUT2D eigenvalue weighted by atomic mass is 9.95. The van der Waals surface area contributed by atoms with Crippen LogP contribution in [0.25, 0.3) is 10.4 Å². The van der Waals surface area contributed by atoms with Gasteiger partial charge in [-0.25, -0.2) is 0 Å². The molecule has 1 aliphatic rings. The highest BCUT2D eigenvalue weighted by Crippen LogP contribution is 2.32. The molecule has 0 saturated carbocycles. The highest BCUT2D eigenvalue weighted by molar-refractivity contribution is 9.09. The van der Waals surface area contributed by atoms with Crippen molar-refractivity contribution in [2.24, 2.45) is 5.11 Å². The molecule has 1 aliphatic heterocycles. The van der Waals surface area contributed by atoms with Crippen molar-refractivity contribution in [1.82, 2.24) is 0 Å². The lowest BCUT2D eigenvalue weighted by molar-refractivity contribution is -0.189. The van der Waals surface area contributed by atoms with Crippen molar-refractivity contribution in [3.05, 3.63) is 10.4 Å². The fourth-order valence-electron chi connectivity index (χ4n) is 2.07. The summed E-state index contributed by atoms with van der Waals surface area (Å²) in [7, 11) is 2.65. The molecule has 9 nitrogen and oxygen atoms in total. The topological polar surface area (TPSA) is 120 Å². The second-order valence-corrected chi connectivity index (χ2v) is 5.18. The van der Waals surface area contributed by atoms with Crippen LogP contribution in [0.15, 0.2) is 5.11 Å². The number of alkyl halides is 1. The van der Waals surface area contributed by atoms with Crippen LogP contribution in [0.1, 0.15) is 13.3 Å². The van der Waals surface area contributed by atoms with Gasteiger partial charge in [-0.3, -0.25) is 9.59 Å². The van der Waals surface area contributed by atoms with Gasteiger partial charge in [-0.1, -0.05) is 21.0 Å². The lowest BCUT2D eigenvalue weighted by Crippen LogP contribution is -2.57. The minimum absolute atomic E-state index is 0.148. The third-order valence-electron chi connectivity index (χ3n) is 2.96. The maximum Gasteiger partial charge on any atom is 0.308 e. The molecular formula is C11H16BrN3O6. The summed E-state index contributed by atoms with van der Waals surface area (Å²) in [6.45, 7) is 1.21. The Morgan fingerprint density at radius 2 is 2.05 bits per heavy atom. The monoisotopic (exact) mass is 365 g/mol. The van der Waals surface area contributed by atoms with E-state index < -0.39 is 41.3 Å². The molecule has 0 N–H and O–H groups in total. The number of hydrogen-bond donors (Lipinski definition) is 0. The van der Waals surface area contributed by atoms with Gasteiger partial charge in [0.25, 0.3) is 0 Å². The number of ether oxygens (including phenoxy) is 4. The number of carbonyl (C=O) groups is 2. The van der Waals surface area contributed by atoms with Crippen molar-refractivity contribution in [1.29, 1.82) is 0 Å². The average Bonchev–Trinajstić information content (AvgIpc) is 2.42. The fourth-order valence-corrected chi connectivity index (χ4v) is 2.88. The fraction of sp³-hybridized carbons (Fsp3) is 0.818. The first-order chi connectivity index (χ1) is 9.94. The first-order valence-corrected chi connectivity index (χ1v) is 6.96. The predicted octanol–water partition coefficient (Wildman–Crippen LogP) is 1.29. The number of rotatable bonds is 5. The van der Waals surface area contributed by atoms with Gasteiger partial charge in [-0.2, -0.15) is 0 Å². The molecule has 0 aromatic carbocycles. The highest BCUT2D eigenvalue weighted by atomic mass is 79.9. The normalized spacial score (nSPS) is 31.9. The van der Waals surface area contributed by atoms with E-state index in [2.05, 4.69) is 30.7 Å². The van der Waals surface area contributed by atoms with Crippen LogP contribution in [-0.4, -0.2) is 55.5 Å². The molecule has 0 unspecified atom stereocenters. The minimum atomic E-state index is -0.948. The van der Waals surface area contributed by atoms with Gasteiger partial charge >= 0.3 is 11.9 Å². The first-order valence-electron chi connectivity index (χ1n) is 6.05. The van der Waals surface area contributed by atoms with Crippen molar-refractivity contribution in [3.8, 4) is 0 Å². The largest absolute Gasteiger partial charge is 0.469 e. The molecule has 0 spiro atoms. The Balaban J connectivity index is 3.07. The Morgan fingerprint density at radius 3 is 2.52 bits per heavy atom. The molecule has 0 aromatic heterocycles. The van der Waals surface area contributed by atoms with E-state index in [1.54, 1.807) is 0 Å². The van der Waals surface area contributed by atoms with Crippen LogP contribution in [0, 0.1) is 0 Å². The summed E-state index contributed by atoms with van der Waals surface area (Å²) in [6.07, 6.45) is -2.58. The van der Waals surface area contributed by atoms with Crippen molar-refractivity contribution in [2.75, 3.05) is 14.2 Å². The zero-order valence-electron chi connectivity index (χ0n) is 11.8. The molecule has 1 rings (SSSR count). The maximum absolute atomic E-state index is 11.4. The van der Waals surface area contributed by atoms with Gasteiger partial charge in [0.15, 0.2) is 0 Å². The van der Waals surface area contributed by atoms with E-state index in [-0.39, 0.29) is 6.42 Å². The number of azide groups is 1. The van der Waals surface area contributed by atoms with E-state index in [0.717, 1.165) is 0 Å². The second kappa shape index (κ2) is 8.18. The Morgan fingerprint density at radius 1 is 1.38 bits per heavy atom. The van der Waals surface area contributed by atoms with E-state index in [1.807, 2.05) is 0 Å². The van der Waals surface area contributed by atoms with Gasteiger partial charge in [0.05, 0.1) is 13.5 Å². The number of carbonyl (C=O) groups excluding carboxylic acids is 2. The summed E-state index contributed by atoms with van der Waals surface area (Å²) < 4.78 is 20.5. The summed E-state index contributed by atoms with van der Waals surface area (Å²) in [5.41, 5.74) is 8.70. The van der Waals surface area contributed by atoms with Gasteiger partial charge in [0.2, 0.25) is 0 Å². The molecule has 5 atom stereocenters. The zero-order chi connectivity index (χ0) is 16.0. The van der Waals surface area contributed by atoms with Crippen molar-refractivity contribution >= 4 is 27.9 Å². The smallest absolute Gasteiger partial charge is 0.308 e. The summed E-state index contributed by atoms with van der Waals surface area (Å²) in [5, 5.41) is 2.99. The number of nitrogens with zero attached hydrogens (tertiary/aromatic N) is 3. The highest BCUT2D eigenvalue weighted by Gasteiger charge is 2.47. The van der Waals surface area contributed by atoms with Crippen LogP contribution in [-0.2, 0) is 28.5 Å². The van der Waals surface area contributed by atoms with Gasteiger partial charge in [0.1, 0.15) is 29.4 Å². The quantitative estimate of drug-likeness (QED) is 0.238. The van der Waals surface area contributed by atoms with Crippen molar-refractivity contribution < 1.29 is 28.5 Å². The standard InChI is InChI=1S/C11H16BrN3O6/c1-5(16)20-9-6(4-7(17)18-2)21-11(12)10(19-3)8(9)14-15-13/h6,8-11H,4H2,1-3H3/t6-,8+,9+,10-,11+/m1/s1. The van der Waals surface area contributed by atoms with Crippen molar-refractivity contribution in [2.45, 2.75) is 42.7 Å². The molecule has 1 saturated heterocycles. The second-order valence-electron chi connectivity index (χ2n) is 4.28. The molecule has 1 fully saturated rings.